The molecule has 0 fully saturated rings. The molecule has 2 N–H and O–H groups in total. The number of furan rings is 2. The summed E-state index contributed by atoms with van der Waals surface area (Å²) >= 11 is 0. The number of anilines is 1. The first-order valence-electron chi connectivity index (χ1n) is 12.0. The van der Waals surface area contributed by atoms with Gasteiger partial charge in [0.2, 0.25) is 0 Å². The van der Waals surface area contributed by atoms with Gasteiger partial charge < -0.3 is 24.2 Å². The van der Waals surface area contributed by atoms with Crippen LogP contribution in [0.3, 0.4) is 0 Å². The van der Waals surface area contributed by atoms with Gasteiger partial charge in [-0.1, -0.05) is 26.0 Å². The fraction of sp³-hybridized carbons (Fsp3) is 0.296. The van der Waals surface area contributed by atoms with Crippen LogP contribution in [-0.4, -0.2) is 21.6 Å². The third kappa shape index (κ3) is 6.04. The highest BCUT2D eigenvalue weighted by Crippen LogP contribution is 2.23. The van der Waals surface area contributed by atoms with E-state index in [0.29, 0.717) is 24.0 Å². The van der Waals surface area contributed by atoms with Gasteiger partial charge >= 0.3 is 0 Å². The van der Waals surface area contributed by atoms with Crippen LogP contribution in [0.5, 0.6) is 5.75 Å². The second-order valence-electron chi connectivity index (χ2n) is 8.40. The summed E-state index contributed by atoms with van der Waals surface area (Å²) in [5, 5.41) is 9.74. The molecule has 4 rings (SSSR count). The van der Waals surface area contributed by atoms with Crippen molar-refractivity contribution in [3.63, 3.8) is 0 Å². The Morgan fingerprint density at radius 3 is 2.56 bits per heavy atom. The molecule has 3 aromatic heterocycles. The molecule has 0 aliphatic heterocycles. The van der Waals surface area contributed by atoms with Gasteiger partial charge in [-0.25, -0.2) is 0 Å². The normalized spacial score (nSPS) is 11.8. The Kier molecular flexibility index (Phi) is 7.89. The lowest BCUT2D eigenvalue weighted by molar-refractivity contribution is 0.0943. The molecule has 1 unspecified atom stereocenters. The molecule has 1 atom stereocenters. The van der Waals surface area contributed by atoms with E-state index in [2.05, 4.69) is 41.7 Å². The van der Waals surface area contributed by atoms with Crippen LogP contribution >= 0.6 is 0 Å². The molecule has 36 heavy (non-hydrogen) atoms. The largest absolute Gasteiger partial charge is 0.486 e. The SMILES string of the molecule is CCC(C)c1ccc(OCc2ccc(C(=O)Nc3cn(CC)nc3C(=O)NCc3ccco3)o2)cc1. The minimum atomic E-state index is -0.491. The monoisotopic (exact) mass is 490 g/mol. The highest BCUT2D eigenvalue weighted by Gasteiger charge is 2.21. The molecule has 0 spiro atoms. The van der Waals surface area contributed by atoms with Gasteiger partial charge in [0, 0.05) is 12.7 Å². The van der Waals surface area contributed by atoms with E-state index in [0.717, 1.165) is 12.2 Å². The van der Waals surface area contributed by atoms with Crippen molar-refractivity contribution in [3.05, 3.63) is 89.5 Å². The molecule has 0 aliphatic carbocycles. The fourth-order valence-corrected chi connectivity index (χ4v) is 3.55. The Labute approximate surface area is 209 Å². The standard InChI is InChI=1S/C27H30N4O5/c1-4-18(3)19-8-10-20(11-9-19)35-17-22-12-13-24(36-22)26(32)29-23-16-31(5-2)30-25(23)27(33)28-15-21-7-6-14-34-21/h6-14,16,18H,4-5,15,17H2,1-3H3,(H,28,33)(H,29,32). The number of rotatable bonds is 11. The topological polar surface area (TPSA) is 112 Å². The van der Waals surface area contributed by atoms with Gasteiger partial charge in [0.1, 0.15) is 23.9 Å². The first kappa shape index (κ1) is 24.8. The Morgan fingerprint density at radius 1 is 1.06 bits per heavy atom. The molecule has 0 radical (unpaired) electrons. The average Bonchev–Trinajstić information content (AvgIpc) is 3.67. The van der Waals surface area contributed by atoms with E-state index in [9.17, 15) is 9.59 Å². The van der Waals surface area contributed by atoms with E-state index >= 15 is 0 Å². The van der Waals surface area contributed by atoms with Crippen molar-refractivity contribution in [1.29, 1.82) is 0 Å². The minimum absolute atomic E-state index is 0.104. The lowest BCUT2D eigenvalue weighted by Crippen LogP contribution is -2.25. The molecule has 0 bridgehead atoms. The molecule has 1 aromatic carbocycles. The maximum Gasteiger partial charge on any atom is 0.291 e. The fourth-order valence-electron chi connectivity index (χ4n) is 3.55. The van der Waals surface area contributed by atoms with E-state index < -0.39 is 11.8 Å². The Balaban J connectivity index is 1.37. The van der Waals surface area contributed by atoms with Gasteiger partial charge in [-0.3, -0.25) is 14.3 Å². The number of amides is 2. The Bertz CT molecular complexity index is 1290. The van der Waals surface area contributed by atoms with Crippen LogP contribution in [0.1, 0.15) is 71.2 Å². The summed E-state index contributed by atoms with van der Waals surface area (Å²) in [5.41, 5.74) is 1.66. The van der Waals surface area contributed by atoms with Crippen LogP contribution in [0, 0.1) is 0 Å². The van der Waals surface area contributed by atoms with E-state index in [1.165, 1.54) is 11.8 Å². The van der Waals surface area contributed by atoms with Crippen LogP contribution in [0.15, 0.2) is 69.8 Å². The third-order valence-corrected chi connectivity index (χ3v) is 5.88. The van der Waals surface area contributed by atoms with E-state index in [-0.39, 0.29) is 30.3 Å². The number of nitrogens with zero attached hydrogens (tertiary/aromatic N) is 2. The molecule has 0 aliphatic rings. The molecule has 3 heterocycles. The number of aromatic nitrogens is 2. The molecule has 4 aromatic rings. The smallest absolute Gasteiger partial charge is 0.291 e. The molecule has 0 saturated carbocycles. The third-order valence-electron chi connectivity index (χ3n) is 5.88. The van der Waals surface area contributed by atoms with Gasteiger partial charge in [-0.05, 0) is 61.2 Å². The Morgan fingerprint density at radius 2 is 1.86 bits per heavy atom. The molecule has 188 valence electrons. The zero-order chi connectivity index (χ0) is 25.5. The van der Waals surface area contributed by atoms with Crippen molar-refractivity contribution < 1.29 is 23.2 Å². The maximum atomic E-state index is 12.8. The van der Waals surface area contributed by atoms with Crippen LogP contribution in [0.2, 0.25) is 0 Å². The number of hydrogen-bond acceptors (Lipinski definition) is 6. The first-order chi connectivity index (χ1) is 17.5. The lowest BCUT2D eigenvalue weighted by atomic mass is 9.99. The van der Waals surface area contributed by atoms with Crippen molar-refractivity contribution in [2.45, 2.75) is 52.8 Å². The molecule has 9 heteroatoms. The first-order valence-corrected chi connectivity index (χ1v) is 12.0. The Hall–Kier alpha value is -4.27. The quantitative estimate of drug-likeness (QED) is 0.293. The highest BCUT2D eigenvalue weighted by atomic mass is 16.5. The summed E-state index contributed by atoms with van der Waals surface area (Å²) in [6.07, 6.45) is 4.22. The van der Waals surface area contributed by atoms with Gasteiger partial charge in [0.25, 0.3) is 11.8 Å². The van der Waals surface area contributed by atoms with Crippen LogP contribution in [0.25, 0.3) is 0 Å². The van der Waals surface area contributed by atoms with E-state index in [1.807, 2.05) is 19.1 Å². The second-order valence-corrected chi connectivity index (χ2v) is 8.40. The summed E-state index contributed by atoms with van der Waals surface area (Å²) in [7, 11) is 0. The number of aryl methyl sites for hydroxylation is 1. The van der Waals surface area contributed by atoms with Gasteiger partial charge in [-0.2, -0.15) is 5.10 Å². The van der Waals surface area contributed by atoms with Crippen molar-refractivity contribution in [3.8, 4) is 5.75 Å². The van der Waals surface area contributed by atoms with E-state index in [4.69, 9.17) is 13.6 Å². The second kappa shape index (κ2) is 11.4. The van der Waals surface area contributed by atoms with Crippen LogP contribution < -0.4 is 15.4 Å². The van der Waals surface area contributed by atoms with Crippen molar-refractivity contribution in [1.82, 2.24) is 15.1 Å². The van der Waals surface area contributed by atoms with Crippen LogP contribution in [-0.2, 0) is 19.7 Å². The molecular weight excluding hydrogens is 460 g/mol. The molecular formula is C27H30N4O5. The van der Waals surface area contributed by atoms with Gasteiger partial charge in [0.15, 0.2) is 11.5 Å². The lowest BCUT2D eigenvalue weighted by Gasteiger charge is -2.10. The molecule has 0 saturated heterocycles. The summed E-state index contributed by atoms with van der Waals surface area (Å²) in [6.45, 7) is 7.17. The predicted molar refractivity (Wildman–Crippen MR) is 134 cm³/mol. The summed E-state index contributed by atoms with van der Waals surface area (Å²) in [4.78, 5) is 25.5. The number of carbonyl (C=O) groups excluding carboxylic acids is 2. The summed E-state index contributed by atoms with van der Waals surface area (Å²) < 4.78 is 18.3. The summed E-state index contributed by atoms with van der Waals surface area (Å²) in [5.74, 6) is 1.52. The minimum Gasteiger partial charge on any atom is -0.486 e. The van der Waals surface area contributed by atoms with Gasteiger partial charge in [-0.15, -0.1) is 0 Å². The van der Waals surface area contributed by atoms with Crippen molar-refractivity contribution in [2.24, 2.45) is 0 Å². The number of benzene rings is 1. The summed E-state index contributed by atoms with van der Waals surface area (Å²) in [6, 6.07) is 14.7. The van der Waals surface area contributed by atoms with Crippen molar-refractivity contribution in [2.75, 3.05) is 5.32 Å². The molecule has 9 nitrogen and oxygen atoms in total. The molecule has 2 amide bonds. The number of hydrogen-bond donors (Lipinski definition) is 2. The number of carbonyl (C=O) groups is 2. The zero-order valence-corrected chi connectivity index (χ0v) is 20.6. The predicted octanol–water partition coefficient (Wildman–Crippen LogP) is 5.36. The average molecular weight is 491 g/mol. The number of nitrogens with one attached hydrogen (secondary N) is 2. The van der Waals surface area contributed by atoms with Crippen molar-refractivity contribution >= 4 is 17.5 Å². The number of ether oxygens (including phenoxy) is 1. The van der Waals surface area contributed by atoms with Gasteiger partial charge in [0.05, 0.1) is 18.5 Å². The highest BCUT2D eigenvalue weighted by molar-refractivity contribution is 6.07. The van der Waals surface area contributed by atoms with E-state index in [1.54, 1.807) is 35.1 Å². The van der Waals surface area contributed by atoms with Crippen LogP contribution in [0.4, 0.5) is 5.69 Å². The maximum absolute atomic E-state index is 12.8. The zero-order valence-electron chi connectivity index (χ0n) is 20.6.